The Bertz CT molecular complexity index is 1510. The van der Waals surface area contributed by atoms with Gasteiger partial charge >= 0.3 is 0 Å². The molecule has 6 heteroatoms. The molecule has 0 saturated heterocycles. The normalized spacial score (nSPS) is 21.3. The number of aromatic nitrogens is 1. The van der Waals surface area contributed by atoms with Crippen LogP contribution in [0.2, 0.25) is 0 Å². The maximum Gasteiger partial charge on any atom is 0.269 e. The van der Waals surface area contributed by atoms with Crippen LogP contribution in [0.4, 0.5) is 0 Å². The first kappa shape index (κ1) is 22.8. The molecule has 3 unspecified atom stereocenters. The molecule has 0 spiro atoms. The maximum absolute atomic E-state index is 12.6. The van der Waals surface area contributed by atoms with Crippen LogP contribution in [0, 0.1) is 0 Å². The second-order valence-corrected chi connectivity index (χ2v) is 10.8. The molecule has 0 amide bonds. The van der Waals surface area contributed by atoms with E-state index >= 15 is 0 Å². The first-order chi connectivity index (χ1) is 16.4. The zero-order chi connectivity index (χ0) is 23.9. The van der Waals surface area contributed by atoms with E-state index in [4.69, 9.17) is 4.74 Å². The summed E-state index contributed by atoms with van der Waals surface area (Å²) in [5.41, 5.74) is 2.79. The van der Waals surface area contributed by atoms with E-state index in [1.807, 2.05) is 19.1 Å². The minimum atomic E-state index is -4.34. The lowest BCUT2D eigenvalue weighted by atomic mass is 9.79. The number of benzene rings is 2. The number of hydrogen-bond donors (Lipinski definition) is 1. The Morgan fingerprint density at radius 1 is 1.12 bits per heavy atom. The molecule has 0 fully saturated rings. The largest absolute Gasteiger partial charge is 0.493 e. The Hall–Kier alpha value is -2.96. The van der Waals surface area contributed by atoms with Gasteiger partial charge in [-0.3, -0.25) is 9.54 Å². The lowest BCUT2D eigenvalue weighted by Crippen LogP contribution is -2.39. The Balaban J connectivity index is 1.72. The van der Waals surface area contributed by atoms with E-state index in [-0.39, 0.29) is 0 Å². The van der Waals surface area contributed by atoms with Crippen molar-refractivity contribution in [2.24, 2.45) is 0 Å². The lowest BCUT2D eigenvalue weighted by molar-refractivity contribution is 0.308. The Morgan fingerprint density at radius 3 is 2.71 bits per heavy atom. The van der Waals surface area contributed by atoms with E-state index in [0.717, 1.165) is 40.8 Å². The number of fused-ring (bicyclic) bond motifs is 5. The van der Waals surface area contributed by atoms with Gasteiger partial charge in [0.1, 0.15) is 11.0 Å². The predicted molar refractivity (Wildman–Crippen MR) is 136 cm³/mol. The van der Waals surface area contributed by atoms with Crippen molar-refractivity contribution in [3.8, 4) is 5.75 Å². The minimum absolute atomic E-state index is 0.407. The molecule has 1 aromatic heterocycles. The highest BCUT2D eigenvalue weighted by molar-refractivity contribution is 7.86. The molecule has 2 aliphatic carbocycles. The molecule has 0 bridgehead atoms. The summed E-state index contributed by atoms with van der Waals surface area (Å²) in [7, 11) is -4.34. The van der Waals surface area contributed by atoms with Gasteiger partial charge in [0.05, 0.1) is 12.3 Å². The van der Waals surface area contributed by atoms with Gasteiger partial charge < -0.3 is 4.74 Å². The third-order valence-electron chi connectivity index (χ3n) is 7.03. The molecule has 5 nitrogen and oxygen atoms in total. The Kier molecular flexibility index (Phi) is 6.04. The fourth-order valence-corrected chi connectivity index (χ4v) is 6.58. The second kappa shape index (κ2) is 9.01. The van der Waals surface area contributed by atoms with E-state index < -0.39 is 27.2 Å². The molecule has 0 aliphatic heterocycles. The van der Waals surface area contributed by atoms with Crippen LogP contribution in [-0.2, 0) is 16.5 Å². The summed E-state index contributed by atoms with van der Waals surface area (Å²) in [5.74, 6) is -0.346. The average molecular weight is 476 g/mol. The van der Waals surface area contributed by atoms with Crippen molar-refractivity contribution in [3.05, 3.63) is 82.0 Å². The van der Waals surface area contributed by atoms with Crippen LogP contribution >= 0.6 is 0 Å². The first-order valence-electron chi connectivity index (χ1n) is 11.9. The number of unbranched alkanes of at least 4 members (excludes halogenated alkanes) is 1. The van der Waals surface area contributed by atoms with Crippen LogP contribution in [-0.4, -0.2) is 29.8 Å². The molecule has 3 atom stereocenters. The first-order valence-corrected chi connectivity index (χ1v) is 13.4. The quantitative estimate of drug-likeness (QED) is 0.426. The third-order valence-corrected chi connectivity index (χ3v) is 8.42. The van der Waals surface area contributed by atoms with Crippen molar-refractivity contribution in [3.63, 3.8) is 0 Å². The molecule has 34 heavy (non-hydrogen) atoms. The van der Waals surface area contributed by atoms with E-state index in [9.17, 15) is 13.0 Å². The van der Waals surface area contributed by atoms with Gasteiger partial charge in [-0.1, -0.05) is 68.8 Å². The minimum Gasteiger partial charge on any atom is -0.493 e. The van der Waals surface area contributed by atoms with E-state index in [1.165, 1.54) is 10.8 Å². The Morgan fingerprint density at radius 2 is 1.91 bits per heavy atom. The molecule has 0 saturated carbocycles. The van der Waals surface area contributed by atoms with Gasteiger partial charge in [0.15, 0.2) is 0 Å². The number of ether oxygens (including phenoxy) is 1. The van der Waals surface area contributed by atoms with E-state index in [0.29, 0.717) is 18.1 Å². The fourth-order valence-electron chi connectivity index (χ4n) is 5.33. The zero-order valence-electron chi connectivity index (χ0n) is 19.4. The third kappa shape index (κ3) is 4.05. The summed E-state index contributed by atoms with van der Waals surface area (Å²) < 4.78 is 41.3. The maximum atomic E-state index is 12.6. The molecular formula is C28H29NO4S. The number of pyridine rings is 1. The van der Waals surface area contributed by atoms with Gasteiger partial charge in [0, 0.05) is 24.1 Å². The van der Waals surface area contributed by atoms with E-state index in [2.05, 4.69) is 48.3 Å². The molecule has 2 aromatic carbocycles. The monoisotopic (exact) mass is 475 g/mol. The fraction of sp³-hybridized carbons (Fsp3) is 0.321. The topological polar surface area (TPSA) is 76.5 Å². The summed E-state index contributed by atoms with van der Waals surface area (Å²) in [5, 5.41) is 3.44. The average Bonchev–Trinajstić information content (AvgIpc) is 2.83. The molecule has 176 valence electrons. The number of hydrogen-bond acceptors (Lipinski definition) is 4. The van der Waals surface area contributed by atoms with Crippen molar-refractivity contribution in [1.82, 2.24) is 4.98 Å². The van der Waals surface area contributed by atoms with Gasteiger partial charge in [-0.05, 0) is 51.2 Å². The summed E-state index contributed by atoms with van der Waals surface area (Å²) in [6.45, 7) is 4.57. The summed E-state index contributed by atoms with van der Waals surface area (Å²) >= 11 is 0. The van der Waals surface area contributed by atoms with Crippen LogP contribution in [0.15, 0.2) is 54.7 Å². The second-order valence-electron chi connectivity index (χ2n) is 9.18. The van der Waals surface area contributed by atoms with Crippen molar-refractivity contribution in [1.29, 1.82) is 0 Å². The molecule has 1 heterocycles. The Labute approximate surface area is 200 Å². The van der Waals surface area contributed by atoms with Crippen LogP contribution < -0.4 is 15.2 Å². The zero-order valence-corrected chi connectivity index (χ0v) is 20.3. The van der Waals surface area contributed by atoms with Crippen LogP contribution in [0.25, 0.3) is 22.9 Å². The van der Waals surface area contributed by atoms with Crippen molar-refractivity contribution >= 4 is 33.0 Å². The van der Waals surface area contributed by atoms with Crippen LogP contribution in [0.5, 0.6) is 5.75 Å². The van der Waals surface area contributed by atoms with Crippen molar-refractivity contribution in [2.75, 3.05) is 6.61 Å². The summed E-state index contributed by atoms with van der Waals surface area (Å²) in [6.07, 6.45) is 12.8. The van der Waals surface area contributed by atoms with Crippen LogP contribution in [0.3, 0.4) is 0 Å². The van der Waals surface area contributed by atoms with Gasteiger partial charge in [-0.25, -0.2) is 0 Å². The van der Waals surface area contributed by atoms with Crippen molar-refractivity contribution in [2.45, 2.75) is 50.2 Å². The molecular weight excluding hydrogens is 446 g/mol. The highest BCUT2D eigenvalue weighted by Gasteiger charge is 2.41. The summed E-state index contributed by atoms with van der Waals surface area (Å²) in [6, 6.07) is 12.0. The molecule has 0 radical (unpaired) electrons. The number of nitrogens with zero attached hydrogens (tertiary/aromatic N) is 1. The molecule has 1 N–H and O–H groups in total. The number of allylic oxidation sites excluding steroid dienone is 2. The van der Waals surface area contributed by atoms with Crippen molar-refractivity contribution < 1.29 is 17.7 Å². The highest BCUT2D eigenvalue weighted by atomic mass is 32.2. The molecule has 3 aromatic rings. The highest BCUT2D eigenvalue weighted by Crippen LogP contribution is 2.38. The van der Waals surface area contributed by atoms with Gasteiger partial charge in [-0.15, -0.1) is 0 Å². The molecule has 2 aliphatic rings. The smallest absolute Gasteiger partial charge is 0.269 e. The SMILES string of the molecule is CCCCOc1ccnc(C2C=c3c(ccc4c5c(ccc34)CC=CC=5)C(C)C2S(=O)(=O)O)c1. The summed E-state index contributed by atoms with van der Waals surface area (Å²) in [4.78, 5) is 4.51. The lowest BCUT2D eigenvalue weighted by Gasteiger charge is -2.32. The van der Waals surface area contributed by atoms with Gasteiger partial charge in [0.25, 0.3) is 10.1 Å². The molecule has 5 rings (SSSR count). The predicted octanol–water partition coefficient (Wildman–Crippen LogP) is 4.24. The standard InChI is InChI=1S/C28H29NO4S/c1-3-4-15-33-20-13-14-29-27(16-20)26-17-25-21(18(2)28(26)34(30,31)32)11-12-23-22-8-6-5-7-19(22)9-10-24(23)25/h5-6,8-14,16-18,26,28H,3-4,7,15H2,1-2H3,(H,30,31,32). The number of rotatable bonds is 6. The van der Waals surface area contributed by atoms with Gasteiger partial charge in [0.2, 0.25) is 0 Å². The van der Waals surface area contributed by atoms with Crippen LogP contribution in [0.1, 0.15) is 55.3 Å². The van der Waals surface area contributed by atoms with E-state index in [1.54, 1.807) is 18.3 Å². The van der Waals surface area contributed by atoms with Gasteiger partial charge in [-0.2, -0.15) is 8.42 Å².